The van der Waals surface area contributed by atoms with E-state index in [0.717, 1.165) is 51.7 Å². The van der Waals surface area contributed by atoms with Crippen LogP contribution in [-0.4, -0.2) is 59.9 Å². The van der Waals surface area contributed by atoms with Crippen LogP contribution in [0.5, 0.6) is 0 Å². The van der Waals surface area contributed by atoms with Crippen molar-refractivity contribution in [2.75, 3.05) is 26.2 Å². The lowest BCUT2D eigenvalue weighted by molar-refractivity contribution is -0.130. The predicted octanol–water partition coefficient (Wildman–Crippen LogP) is 2.77. The highest BCUT2D eigenvalue weighted by molar-refractivity contribution is 5.78. The number of hydrogen-bond donors (Lipinski definition) is 1. The van der Waals surface area contributed by atoms with Crippen molar-refractivity contribution in [3.63, 3.8) is 0 Å². The zero-order valence-electron chi connectivity index (χ0n) is 16.7. The molecule has 5 heteroatoms. The average molecular weight is 372 g/mol. The molecule has 1 N–H and O–H groups in total. The Morgan fingerprint density at radius 3 is 2.44 bits per heavy atom. The lowest BCUT2D eigenvalue weighted by Crippen LogP contribution is -2.49. The van der Waals surface area contributed by atoms with Crippen LogP contribution < -0.4 is 5.32 Å². The third-order valence-corrected chi connectivity index (χ3v) is 6.20. The molecule has 27 heavy (non-hydrogen) atoms. The van der Waals surface area contributed by atoms with Gasteiger partial charge in [-0.05, 0) is 50.1 Å². The minimum atomic E-state index is 0.131. The fourth-order valence-corrected chi connectivity index (χ4v) is 4.73. The van der Waals surface area contributed by atoms with Crippen LogP contribution in [0.15, 0.2) is 30.3 Å². The summed E-state index contributed by atoms with van der Waals surface area (Å²) < 4.78 is 0. The van der Waals surface area contributed by atoms with Gasteiger partial charge in [-0.3, -0.25) is 14.5 Å². The molecule has 2 fully saturated rings. The summed E-state index contributed by atoms with van der Waals surface area (Å²) in [5, 5.41) is 3.20. The second-order valence-electron chi connectivity index (χ2n) is 7.95. The first-order valence-corrected chi connectivity index (χ1v) is 10.4. The highest BCUT2D eigenvalue weighted by atomic mass is 16.2. The van der Waals surface area contributed by atoms with Gasteiger partial charge in [0.2, 0.25) is 11.8 Å². The number of carbonyl (C=O) groups excluding carboxylic acids is 2. The number of likely N-dealkylation sites (tertiary alicyclic amines) is 2. The fourth-order valence-electron chi connectivity index (χ4n) is 4.73. The maximum absolute atomic E-state index is 12.6. The van der Waals surface area contributed by atoms with Gasteiger partial charge in [-0.2, -0.15) is 0 Å². The van der Waals surface area contributed by atoms with Gasteiger partial charge in [-0.15, -0.1) is 0 Å². The number of carbonyl (C=O) groups is 2. The maximum Gasteiger partial charge on any atom is 0.234 e. The molecule has 0 saturated carbocycles. The Hall–Kier alpha value is -1.88. The van der Waals surface area contributed by atoms with E-state index in [1.165, 1.54) is 5.56 Å². The van der Waals surface area contributed by atoms with Gasteiger partial charge in [0.1, 0.15) is 0 Å². The summed E-state index contributed by atoms with van der Waals surface area (Å²) in [6.07, 6.45) is 5.14. The molecule has 2 saturated heterocycles. The van der Waals surface area contributed by atoms with Gasteiger partial charge < -0.3 is 10.2 Å². The summed E-state index contributed by atoms with van der Waals surface area (Å²) in [6.45, 7) is 6.85. The van der Waals surface area contributed by atoms with Crippen molar-refractivity contribution in [2.24, 2.45) is 0 Å². The highest BCUT2D eigenvalue weighted by Crippen LogP contribution is 2.33. The normalized spacial score (nSPS) is 22.6. The molecular weight excluding hydrogens is 338 g/mol. The molecule has 2 heterocycles. The van der Waals surface area contributed by atoms with Gasteiger partial charge in [0.15, 0.2) is 0 Å². The molecule has 0 unspecified atom stereocenters. The minimum absolute atomic E-state index is 0.131. The van der Waals surface area contributed by atoms with Crippen molar-refractivity contribution in [1.29, 1.82) is 0 Å². The van der Waals surface area contributed by atoms with Crippen molar-refractivity contribution in [3.8, 4) is 0 Å². The summed E-state index contributed by atoms with van der Waals surface area (Å²) in [4.78, 5) is 28.3. The van der Waals surface area contributed by atoms with E-state index in [1.807, 2.05) is 4.90 Å². The van der Waals surface area contributed by atoms with E-state index < -0.39 is 0 Å². The first-order valence-electron chi connectivity index (χ1n) is 10.4. The number of piperidine rings is 1. The Morgan fingerprint density at radius 2 is 1.81 bits per heavy atom. The monoisotopic (exact) mass is 371 g/mol. The standard InChI is InChI=1S/C22H33N3O2/c1-3-20(18-8-5-4-6-9-18)21-10-7-13-25(21)16-22(27)23-19-11-14-24(15-12-19)17(2)26/h4-6,8-9,19-21H,3,7,10-16H2,1-2H3,(H,23,27)/t20-,21-/m1/s1. The number of amides is 2. The van der Waals surface area contributed by atoms with Crippen LogP contribution >= 0.6 is 0 Å². The average Bonchev–Trinajstić information content (AvgIpc) is 3.11. The molecule has 0 spiro atoms. The molecule has 2 aliphatic heterocycles. The number of nitrogens with zero attached hydrogens (tertiary/aromatic N) is 2. The zero-order chi connectivity index (χ0) is 19.2. The van der Waals surface area contributed by atoms with Crippen molar-refractivity contribution < 1.29 is 9.59 Å². The molecule has 1 aromatic carbocycles. The Morgan fingerprint density at radius 1 is 1.11 bits per heavy atom. The topological polar surface area (TPSA) is 52.7 Å². The summed E-state index contributed by atoms with van der Waals surface area (Å²) in [5.74, 6) is 0.748. The second kappa shape index (κ2) is 9.36. The first-order chi connectivity index (χ1) is 13.1. The van der Waals surface area contributed by atoms with Gasteiger partial charge in [0, 0.05) is 32.1 Å². The molecule has 0 bridgehead atoms. The molecular formula is C22H33N3O2. The van der Waals surface area contributed by atoms with Crippen LogP contribution in [0.2, 0.25) is 0 Å². The van der Waals surface area contributed by atoms with Crippen LogP contribution in [0.3, 0.4) is 0 Å². The number of benzene rings is 1. The summed E-state index contributed by atoms with van der Waals surface area (Å²) in [7, 11) is 0. The van der Waals surface area contributed by atoms with Crippen LogP contribution in [0.1, 0.15) is 57.4 Å². The fraction of sp³-hybridized carbons (Fsp3) is 0.636. The van der Waals surface area contributed by atoms with E-state index in [4.69, 9.17) is 0 Å². The van der Waals surface area contributed by atoms with Gasteiger partial charge in [0.25, 0.3) is 0 Å². The van der Waals surface area contributed by atoms with Crippen LogP contribution in [-0.2, 0) is 9.59 Å². The molecule has 0 aliphatic carbocycles. The molecule has 1 aromatic rings. The number of nitrogens with one attached hydrogen (secondary N) is 1. The van der Waals surface area contributed by atoms with Crippen molar-refractivity contribution >= 4 is 11.8 Å². The molecule has 5 nitrogen and oxygen atoms in total. The third-order valence-electron chi connectivity index (χ3n) is 6.20. The first kappa shape index (κ1) is 19.9. The molecule has 0 radical (unpaired) electrons. The second-order valence-corrected chi connectivity index (χ2v) is 7.95. The highest BCUT2D eigenvalue weighted by Gasteiger charge is 2.33. The lowest BCUT2D eigenvalue weighted by Gasteiger charge is -2.33. The third kappa shape index (κ3) is 5.10. The Balaban J connectivity index is 1.53. The van der Waals surface area contributed by atoms with E-state index in [0.29, 0.717) is 18.5 Å². The molecule has 0 aromatic heterocycles. The van der Waals surface area contributed by atoms with Gasteiger partial charge >= 0.3 is 0 Å². The van der Waals surface area contributed by atoms with E-state index in [1.54, 1.807) is 6.92 Å². The molecule has 2 atom stereocenters. The predicted molar refractivity (Wildman–Crippen MR) is 107 cm³/mol. The lowest BCUT2D eigenvalue weighted by atomic mass is 9.87. The molecule has 2 amide bonds. The molecule has 3 rings (SSSR count). The van der Waals surface area contributed by atoms with Crippen molar-refractivity contribution in [2.45, 2.75) is 64.0 Å². The summed E-state index contributed by atoms with van der Waals surface area (Å²) >= 11 is 0. The molecule has 2 aliphatic rings. The van der Waals surface area contributed by atoms with Gasteiger partial charge in [0.05, 0.1) is 6.54 Å². The molecule has 148 valence electrons. The van der Waals surface area contributed by atoms with Crippen LogP contribution in [0.4, 0.5) is 0 Å². The van der Waals surface area contributed by atoms with Crippen LogP contribution in [0.25, 0.3) is 0 Å². The van der Waals surface area contributed by atoms with Crippen molar-refractivity contribution in [3.05, 3.63) is 35.9 Å². The van der Waals surface area contributed by atoms with Gasteiger partial charge in [-0.1, -0.05) is 37.3 Å². The quantitative estimate of drug-likeness (QED) is 0.837. The Bertz CT molecular complexity index is 626. The SMILES string of the molecule is CC[C@H](c1ccccc1)[C@H]1CCCN1CC(=O)NC1CCN(C(C)=O)CC1. The minimum Gasteiger partial charge on any atom is -0.352 e. The Labute approximate surface area is 163 Å². The number of hydrogen-bond acceptors (Lipinski definition) is 3. The van der Waals surface area contributed by atoms with Crippen LogP contribution in [0, 0.1) is 0 Å². The Kier molecular flexibility index (Phi) is 6.89. The maximum atomic E-state index is 12.6. The summed E-state index contributed by atoms with van der Waals surface area (Å²) in [5.41, 5.74) is 1.38. The number of rotatable bonds is 6. The van der Waals surface area contributed by atoms with E-state index in [-0.39, 0.29) is 17.9 Å². The van der Waals surface area contributed by atoms with Crippen molar-refractivity contribution in [1.82, 2.24) is 15.1 Å². The largest absolute Gasteiger partial charge is 0.352 e. The van der Waals surface area contributed by atoms with E-state index in [2.05, 4.69) is 47.5 Å². The smallest absolute Gasteiger partial charge is 0.234 e. The zero-order valence-corrected chi connectivity index (χ0v) is 16.7. The van der Waals surface area contributed by atoms with E-state index >= 15 is 0 Å². The van der Waals surface area contributed by atoms with E-state index in [9.17, 15) is 9.59 Å². The summed E-state index contributed by atoms with van der Waals surface area (Å²) in [6, 6.07) is 11.4. The van der Waals surface area contributed by atoms with Gasteiger partial charge in [-0.25, -0.2) is 0 Å².